The fourth-order valence-corrected chi connectivity index (χ4v) is 0. The lowest BCUT2D eigenvalue weighted by Gasteiger charge is -1.77. The van der Waals surface area contributed by atoms with Crippen molar-refractivity contribution in [2.45, 2.75) is 6.92 Å². The molecule has 8 N–H and O–H groups in total. The maximum Gasteiger partial charge on any atom is 0.0383 e. The second-order valence-corrected chi connectivity index (χ2v) is 0.492. The van der Waals surface area contributed by atoms with Gasteiger partial charge in [0.15, 0.2) is 0 Å². The van der Waals surface area contributed by atoms with Gasteiger partial charge < -0.3 is 34.0 Å². The molecule has 0 saturated heterocycles. The van der Waals surface area contributed by atoms with E-state index in [-0.39, 0.29) is 12.3 Å². The van der Waals surface area contributed by atoms with Gasteiger partial charge in [-0.1, -0.05) is 0 Å². The van der Waals surface area contributed by atoms with Crippen molar-refractivity contribution in [1.82, 2.24) is 12.3 Å². The van der Waals surface area contributed by atoms with Gasteiger partial charge in [0.05, 0.1) is 0 Å². The Balaban J connectivity index is -0.0000000183. The SMILES string of the molecule is CC(=O)[O-].[C-]#N.[NH4+].[NH4+]. The summed E-state index contributed by atoms with van der Waals surface area (Å²) in [5, 5.41) is 15.1. The predicted molar refractivity (Wildman–Crippen MR) is 27.6 cm³/mol. The lowest BCUT2D eigenvalue weighted by atomic mass is 10.9. The molecular weight excluding hydrogens is 110 g/mol. The summed E-state index contributed by atoms with van der Waals surface area (Å²) in [5.74, 6) is -1.08. The Morgan fingerprint density at radius 1 is 1.50 bits per heavy atom. The molecule has 5 heteroatoms. The molecule has 0 aliphatic carbocycles. The van der Waals surface area contributed by atoms with Crippen LogP contribution in [0.4, 0.5) is 0 Å². The Bertz CT molecular complexity index is 56.8. The van der Waals surface area contributed by atoms with Crippen molar-refractivity contribution in [2.24, 2.45) is 0 Å². The molecule has 0 spiro atoms. The summed E-state index contributed by atoms with van der Waals surface area (Å²) in [6.07, 6.45) is 0. The summed E-state index contributed by atoms with van der Waals surface area (Å²) in [6.45, 7) is 5.72. The molecule has 0 amide bonds. The average Bonchev–Trinajstić information content (AvgIpc) is 1.41. The van der Waals surface area contributed by atoms with E-state index in [1.165, 1.54) is 0 Å². The molecule has 0 unspecified atom stereocenters. The van der Waals surface area contributed by atoms with Gasteiger partial charge in [-0.3, -0.25) is 0 Å². The quantitative estimate of drug-likeness (QED) is 0.422. The van der Waals surface area contributed by atoms with Crippen LogP contribution >= 0.6 is 0 Å². The molecule has 0 heterocycles. The van der Waals surface area contributed by atoms with Gasteiger partial charge in [0, 0.05) is 5.97 Å². The third kappa shape index (κ3) is 58.6. The van der Waals surface area contributed by atoms with Crippen LogP contribution in [-0.4, -0.2) is 5.97 Å². The third-order valence-electron chi connectivity index (χ3n) is 0. The van der Waals surface area contributed by atoms with Crippen LogP contribution in [0.25, 0.3) is 0 Å². The Hall–Kier alpha value is -1.12. The monoisotopic (exact) mass is 121 g/mol. The van der Waals surface area contributed by atoms with Crippen molar-refractivity contribution in [2.75, 3.05) is 0 Å². The smallest absolute Gasteiger partial charge is 0.0383 e. The van der Waals surface area contributed by atoms with Crippen molar-refractivity contribution >= 4 is 5.97 Å². The molecule has 0 aromatic rings. The summed E-state index contributed by atoms with van der Waals surface area (Å²) in [7, 11) is 0. The lowest BCUT2D eigenvalue weighted by Crippen LogP contribution is -2.16. The van der Waals surface area contributed by atoms with Crippen LogP contribution < -0.4 is 17.4 Å². The van der Waals surface area contributed by atoms with Crippen LogP contribution in [0, 0.1) is 11.8 Å². The summed E-state index contributed by atoms with van der Waals surface area (Å²) in [5.41, 5.74) is 0. The van der Waals surface area contributed by atoms with Crippen LogP contribution in [0.3, 0.4) is 0 Å². The van der Waals surface area contributed by atoms with Crippen molar-refractivity contribution in [1.29, 1.82) is 5.26 Å². The number of carboxylic acid groups (broad SMARTS) is 1. The Labute approximate surface area is 48.1 Å². The standard InChI is InChI=1S/C2H4O2.CN.2H3N/c1-2(3)4;1-2;;/h1H3,(H,3,4);;2*1H3/q;-1;;/p+1. The van der Waals surface area contributed by atoms with Crippen molar-refractivity contribution in [3.05, 3.63) is 6.57 Å². The molecule has 0 aromatic heterocycles. The van der Waals surface area contributed by atoms with Crippen LogP contribution in [0.2, 0.25) is 0 Å². The number of hydrogen-bond donors (Lipinski definition) is 2. The van der Waals surface area contributed by atoms with E-state index in [4.69, 9.17) is 21.7 Å². The zero-order chi connectivity index (χ0) is 5.58. The van der Waals surface area contributed by atoms with Crippen LogP contribution in [0.1, 0.15) is 6.92 Å². The zero-order valence-corrected chi connectivity index (χ0v) is 5.26. The number of hydrogen-bond acceptors (Lipinski definition) is 3. The minimum atomic E-state index is -1.08. The van der Waals surface area contributed by atoms with Gasteiger partial charge in [-0.05, 0) is 6.92 Å². The van der Waals surface area contributed by atoms with Crippen LogP contribution in [0.15, 0.2) is 0 Å². The number of carbonyl (C=O) groups excluding carboxylic acids is 1. The van der Waals surface area contributed by atoms with Crippen LogP contribution in [0.5, 0.6) is 0 Å². The normalized spacial score (nSPS) is 3.38. The fourth-order valence-electron chi connectivity index (χ4n) is 0. The second kappa shape index (κ2) is 39.6. The average molecular weight is 121 g/mol. The lowest BCUT2D eigenvalue weighted by molar-refractivity contribution is -0.302. The minimum absolute atomic E-state index is 0. The molecule has 0 aliphatic heterocycles. The summed E-state index contributed by atoms with van der Waals surface area (Å²) in [6, 6.07) is 0. The van der Waals surface area contributed by atoms with E-state index >= 15 is 0 Å². The van der Waals surface area contributed by atoms with Gasteiger partial charge in [0.2, 0.25) is 0 Å². The van der Waals surface area contributed by atoms with Gasteiger partial charge in [-0.15, -0.1) is 0 Å². The van der Waals surface area contributed by atoms with Gasteiger partial charge >= 0.3 is 0 Å². The molecule has 50 valence electrons. The molecule has 0 fully saturated rings. The van der Waals surface area contributed by atoms with Crippen molar-refractivity contribution in [3.8, 4) is 0 Å². The van der Waals surface area contributed by atoms with Crippen LogP contribution in [-0.2, 0) is 4.79 Å². The van der Waals surface area contributed by atoms with E-state index in [0.29, 0.717) is 0 Å². The van der Waals surface area contributed by atoms with E-state index < -0.39 is 5.97 Å². The molecule has 0 atom stereocenters. The largest absolute Gasteiger partial charge is 0.550 e. The molecule has 0 bridgehead atoms. The molecule has 0 aliphatic rings. The molecule has 5 nitrogen and oxygen atoms in total. The fraction of sp³-hybridized carbons (Fsp3) is 0.333. The Kier molecular flexibility index (Phi) is 142. The molecule has 0 saturated carbocycles. The first-order valence-electron chi connectivity index (χ1n) is 1.13. The van der Waals surface area contributed by atoms with Gasteiger partial charge in [0.1, 0.15) is 0 Å². The third-order valence-corrected chi connectivity index (χ3v) is 0. The summed E-state index contributed by atoms with van der Waals surface area (Å²) >= 11 is 0. The Morgan fingerprint density at radius 2 is 1.50 bits per heavy atom. The number of aliphatic carboxylic acids is 1. The number of quaternary nitrogens is 2. The highest BCUT2D eigenvalue weighted by atomic mass is 16.4. The van der Waals surface area contributed by atoms with E-state index in [2.05, 4.69) is 0 Å². The first-order chi connectivity index (χ1) is 2.73. The first kappa shape index (κ1) is 28.7. The minimum Gasteiger partial charge on any atom is -0.550 e. The van der Waals surface area contributed by atoms with Crippen molar-refractivity contribution < 1.29 is 9.90 Å². The van der Waals surface area contributed by atoms with Crippen molar-refractivity contribution in [3.63, 3.8) is 0 Å². The van der Waals surface area contributed by atoms with E-state index in [9.17, 15) is 0 Å². The topological polar surface area (TPSA) is 137 Å². The first-order valence-corrected chi connectivity index (χ1v) is 1.13. The molecular formula is C3H11N3O2. The maximum absolute atomic E-state index is 8.89. The molecule has 0 rings (SSSR count). The number of carboxylic acids is 1. The summed E-state index contributed by atoms with van der Waals surface area (Å²) < 4.78 is 0. The van der Waals surface area contributed by atoms with E-state index in [1.54, 1.807) is 0 Å². The second-order valence-electron chi connectivity index (χ2n) is 0.492. The van der Waals surface area contributed by atoms with E-state index in [0.717, 1.165) is 6.92 Å². The van der Waals surface area contributed by atoms with Gasteiger partial charge in [-0.25, -0.2) is 0 Å². The molecule has 0 radical (unpaired) electrons. The molecule has 8 heavy (non-hydrogen) atoms. The predicted octanol–water partition coefficient (Wildman–Crippen LogP) is -0.395. The highest BCUT2D eigenvalue weighted by molar-refractivity contribution is 5.60. The number of carbonyl (C=O) groups is 1. The highest BCUT2D eigenvalue weighted by Crippen LogP contribution is 1.31. The number of rotatable bonds is 0. The van der Waals surface area contributed by atoms with Gasteiger partial charge in [-0.2, -0.15) is 0 Å². The maximum atomic E-state index is 8.89. The number of nitrogens with zero attached hydrogens (tertiary/aromatic N) is 1. The Morgan fingerprint density at radius 3 is 1.50 bits per heavy atom. The highest BCUT2D eigenvalue weighted by Gasteiger charge is 1.46. The summed E-state index contributed by atoms with van der Waals surface area (Å²) in [4.78, 5) is 8.89. The van der Waals surface area contributed by atoms with Gasteiger partial charge in [0.25, 0.3) is 0 Å². The zero-order valence-electron chi connectivity index (χ0n) is 5.26. The molecule has 0 aromatic carbocycles. The van der Waals surface area contributed by atoms with E-state index in [1.807, 2.05) is 0 Å².